The van der Waals surface area contributed by atoms with Crippen LogP contribution in [0.4, 0.5) is 0 Å². The largest absolute Gasteiger partial charge is 0.466 e. The molecule has 0 saturated heterocycles. The van der Waals surface area contributed by atoms with Crippen LogP contribution in [0.5, 0.6) is 0 Å². The van der Waals surface area contributed by atoms with E-state index in [-0.39, 0.29) is 13.0 Å². The second-order valence-corrected chi connectivity index (χ2v) is 6.50. The molecule has 0 amide bonds. The van der Waals surface area contributed by atoms with Gasteiger partial charge in [0.15, 0.2) is 0 Å². The summed E-state index contributed by atoms with van der Waals surface area (Å²) in [4.78, 5) is 17.1. The first-order chi connectivity index (χ1) is 10.2. The third kappa shape index (κ3) is 3.15. The summed E-state index contributed by atoms with van der Waals surface area (Å²) in [6.45, 7) is 0.826. The van der Waals surface area contributed by atoms with Crippen molar-refractivity contribution in [2.75, 3.05) is 6.61 Å². The molecule has 2 aromatic rings. The number of ether oxygens (including phenoxy) is 1. The zero-order chi connectivity index (χ0) is 16.5. The van der Waals surface area contributed by atoms with Gasteiger partial charge in [-0.3, -0.25) is 9.78 Å². The third-order valence-corrected chi connectivity index (χ3v) is 4.40. The van der Waals surface area contributed by atoms with Crippen LogP contribution in [0, 0.1) is 5.41 Å². The Bertz CT molecular complexity index is 701. The molecular weight excluding hydrogens is 326 g/mol. The van der Waals surface area contributed by atoms with Gasteiger partial charge in [0.1, 0.15) is 0 Å². The zero-order valence-corrected chi connectivity index (χ0v) is 13.1. The highest BCUT2D eigenvalue weighted by atomic mass is 79.9. The number of nitrogens with zero attached hydrogens (tertiary/aromatic N) is 1. The van der Waals surface area contributed by atoms with Gasteiger partial charge in [0.2, 0.25) is 0 Å². The fourth-order valence-electron chi connectivity index (χ4n) is 1.78. The molecule has 2 rings (SSSR count). The first kappa shape index (κ1) is 10.8. The van der Waals surface area contributed by atoms with Gasteiger partial charge in [0.25, 0.3) is 0 Å². The quantitative estimate of drug-likeness (QED) is 0.780. The van der Waals surface area contributed by atoms with Crippen LogP contribution in [0.25, 0.3) is 10.1 Å². The summed E-state index contributed by atoms with van der Waals surface area (Å²) in [6.07, 6.45) is 3.52. The summed E-state index contributed by atoms with van der Waals surface area (Å²) in [5.74, 6) is -0.690. The van der Waals surface area contributed by atoms with Crippen molar-refractivity contribution in [1.82, 2.24) is 4.98 Å². The highest BCUT2D eigenvalue weighted by Crippen LogP contribution is 2.34. The second kappa shape index (κ2) is 5.59. The van der Waals surface area contributed by atoms with E-state index in [0.29, 0.717) is 0 Å². The number of hydrogen-bond acceptors (Lipinski definition) is 4. The minimum Gasteiger partial charge on any atom is -0.466 e. The lowest BCUT2D eigenvalue weighted by Crippen LogP contribution is -2.28. The summed E-state index contributed by atoms with van der Waals surface area (Å²) in [5.41, 5.74) is -1.57. The molecule has 19 heavy (non-hydrogen) atoms. The predicted octanol–water partition coefficient (Wildman–Crippen LogP) is 4.19. The summed E-state index contributed by atoms with van der Waals surface area (Å²) in [6, 6.07) is 1.90. The van der Waals surface area contributed by atoms with Crippen LogP contribution in [0.1, 0.15) is 29.7 Å². The normalized spacial score (nSPS) is 17.3. The minimum absolute atomic E-state index is 0.105. The van der Waals surface area contributed by atoms with Crippen LogP contribution in [-0.2, 0) is 16.0 Å². The van der Waals surface area contributed by atoms with Crippen molar-refractivity contribution >= 4 is 43.3 Å². The van der Waals surface area contributed by atoms with Crippen LogP contribution in [-0.4, -0.2) is 17.6 Å². The van der Waals surface area contributed by atoms with E-state index in [0.717, 1.165) is 19.4 Å². The topological polar surface area (TPSA) is 39.2 Å². The average molecular weight is 345 g/mol. The molecule has 2 aromatic heterocycles. The van der Waals surface area contributed by atoms with Crippen molar-refractivity contribution in [2.24, 2.45) is 5.41 Å². The van der Waals surface area contributed by atoms with Gasteiger partial charge in [-0.2, -0.15) is 0 Å². The van der Waals surface area contributed by atoms with E-state index in [2.05, 4.69) is 20.9 Å². The molecule has 5 heteroatoms. The van der Waals surface area contributed by atoms with Gasteiger partial charge in [-0.1, -0.05) is 0 Å². The molecule has 0 fully saturated rings. The number of pyridine rings is 1. The van der Waals surface area contributed by atoms with Gasteiger partial charge >= 0.3 is 5.97 Å². The number of rotatable bonds is 4. The maximum absolute atomic E-state index is 12.2. The molecule has 1 unspecified atom stereocenters. The molecule has 1 atom stereocenters. The van der Waals surface area contributed by atoms with Crippen molar-refractivity contribution < 1.29 is 13.6 Å². The molecule has 2 heterocycles. The molecule has 0 aromatic carbocycles. The van der Waals surface area contributed by atoms with Crippen molar-refractivity contribution in [1.29, 1.82) is 0 Å². The molecule has 0 radical (unpaired) electrons. The molecule has 0 spiro atoms. The number of carbonyl (C=O) groups excluding carboxylic acids is 1. The summed E-state index contributed by atoms with van der Waals surface area (Å²) in [5, 5.41) is 0.965. The first-order valence-electron chi connectivity index (χ1n) is 7.38. The van der Waals surface area contributed by atoms with Crippen LogP contribution in [0.3, 0.4) is 0 Å². The highest BCUT2D eigenvalue weighted by Gasteiger charge is 2.30. The number of carbonyl (C=O) groups is 1. The predicted molar refractivity (Wildman–Crippen MR) is 81.4 cm³/mol. The number of fused-ring (bicyclic) bond motifs is 1. The standard InChI is InChI=1S/C14H16BrNO2S/c1-4-18-13(17)14(2,3)6-9-5-10-11(15)7-16-8-12(10)19-9/h5,7-8H,4,6H2,1-3H3/i2D3. The molecule has 102 valence electrons. The SMILES string of the molecule is [2H]C([2H])([2H])C(C)(Cc1cc2c(Br)cncc2s1)C(=O)OCC. The molecule has 0 bridgehead atoms. The zero-order valence-electron chi connectivity index (χ0n) is 13.7. The van der Waals surface area contributed by atoms with Crippen LogP contribution >= 0.6 is 27.3 Å². The molecular formula is C14H16BrNO2S. The Balaban J connectivity index is 2.41. The van der Waals surface area contributed by atoms with Crippen LogP contribution < -0.4 is 0 Å². The minimum atomic E-state index is -2.44. The Hall–Kier alpha value is -0.940. The van der Waals surface area contributed by atoms with Crippen molar-refractivity contribution in [3.63, 3.8) is 0 Å². The molecule has 0 aliphatic carbocycles. The number of thiophene rings is 1. The fourth-order valence-corrected chi connectivity index (χ4v) is 3.57. The maximum atomic E-state index is 12.2. The molecule has 3 nitrogen and oxygen atoms in total. The third-order valence-electron chi connectivity index (χ3n) is 2.70. The Morgan fingerprint density at radius 1 is 1.63 bits per heavy atom. The van der Waals surface area contributed by atoms with Crippen molar-refractivity contribution in [2.45, 2.75) is 27.1 Å². The summed E-state index contributed by atoms with van der Waals surface area (Å²) >= 11 is 4.86. The van der Waals surface area contributed by atoms with E-state index in [1.165, 1.54) is 18.3 Å². The maximum Gasteiger partial charge on any atom is 0.311 e. The van der Waals surface area contributed by atoms with Crippen molar-refractivity contribution in [3.8, 4) is 0 Å². The number of esters is 1. The van der Waals surface area contributed by atoms with E-state index in [4.69, 9.17) is 8.85 Å². The lowest BCUT2D eigenvalue weighted by Gasteiger charge is -2.21. The Kier molecular flexibility index (Phi) is 3.18. The molecule has 0 N–H and O–H groups in total. The number of halogens is 1. The summed E-state index contributed by atoms with van der Waals surface area (Å²) < 4.78 is 30.0. The van der Waals surface area contributed by atoms with Gasteiger partial charge in [-0.15, -0.1) is 11.3 Å². The molecule has 0 saturated carbocycles. The Labute approximate surface area is 129 Å². The Morgan fingerprint density at radius 3 is 3.05 bits per heavy atom. The van der Waals surface area contributed by atoms with Gasteiger partial charge in [-0.05, 0) is 49.1 Å². The summed E-state index contributed by atoms with van der Waals surface area (Å²) in [7, 11) is 0. The van der Waals surface area contributed by atoms with E-state index in [1.807, 2.05) is 6.07 Å². The highest BCUT2D eigenvalue weighted by molar-refractivity contribution is 9.10. The average Bonchev–Trinajstić information content (AvgIpc) is 2.81. The number of aromatic nitrogens is 1. The van der Waals surface area contributed by atoms with Gasteiger partial charge in [0.05, 0.1) is 16.7 Å². The van der Waals surface area contributed by atoms with Crippen molar-refractivity contribution in [3.05, 3.63) is 27.8 Å². The lowest BCUT2D eigenvalue weighted by atomic mass is 9.89. The van der Waals surface area contributed by atoms with E-state index in [1.54, 1.807) is 19.3 Å². The molecule has 0 aliphatic heterocycles. The van der Waals surface area contributed by atoms with Gasteiger partial charge in [0, 0.05) is 31.2 Å². The van der Waals surface area contributed by atoms with Gasteiger partial charge < -0.3 is 4.74 Å². The van der Waals surface area contributed by atoms with E-state index >= 15 is 0 Å². The smallest absolute Gasteiger partial charge is 0.311 e. The fraction of sp³-hybridized carbons (Fsp3) is 0.429. The van der Waals surface area contributed by atoms with E-state index in [9.17, 15) is 4.79 Å². The second-order valence-electron chi connectivity index (χ2n) is 4.48. The van der Waals surface area contributed by atoms with Crippen LogP contribution in [0.15, 0.2) is 22.9 Å². The van der Waals surface area contributed by atoms with E-state index < -0.39 is 18.2 Å². The van der Waals surface area contributed by atoms with Gasteiger partial charge in [-0.25, -0.2) is 0 Å². The number of hydrogen-bond donors (Lipinski definition) is 0. The lowest BCUT2D eigenvalue weighted by molar-refractivity contribution is -0.153. The molecule has 0 aliphatic rings. The first-order valence-corrected chi connectivity index (χ1v) is 7.49. The monoisotopic (exact) mass is 344 g/mol. The Morgan fingerprint density at radius 2 is 2.42 bits per heavy atom. The van der Waals surface area contributed by atoms with Crippen LogP contribution in [0.2, 0.25) is 0 Å².